The number of ether oxygens (including phenoxy) is 1. The molecular formula is C21H10ClN3O4. The maximum atomic E-state index is 13.5. The highest BCUT2D eigenvalue weighted by Crippen LogP contribution is 2.55. The van der Waals surface area contributed by atoms with Crippen LogP contribution >= 0.6 is 11.6 Å². The molecule has 1 atom stereocenters. The fourth-order valence-corrected chi connectivity index (χ4v) is 4.53. The van der Waals surface area contributed by atoms with Gasteiger partial charge in [-0.2, -0.15) is 5.26 Å². The highest BCUT2D eigenvalue weighted by molar-refractivity contribution is 6.36. The lowest BCUT2D eigenvalue weighted by Crippen LogP contribution is -2.48. The van der Waals surface area contributed by atoms with E-state index < -0.39 is 28.8 Å². The predicted octanol–water partition coefficient (Wildman–Crippen LogP) is 2.59. The normalized spacial score (nSPS) is 22.0. The van der Waals surface area contributed by atoms with Gasteiger partial charge in [-0.05, 0) is 12.1 Å². The maximum absolute atomic E-state index is 13.5. The minimum atomic E-state index is -1.97. The molecule has 0 saturated heterocycles. The van der Waals surface area contributed by atoms with Gasteiger partial charge in [0.1, 0.15) is 11.6 Å². The number of carbonyl (C=O) groups is 3. The first-order valence-electron chi connectivity index (χ1n) is 8.54. The number of hydrogen-bond acceptors (Lipinski definition) is 6. The summed E-state index contributed by atoms with van der Waals surface area (Å²) in [5.74, 6) is -2.68. The highest BCUT2D eigenvalue weighted by atomic mass is 35.5. The molecular weight excluding hydrogens is 394 g/mol. The number of nitrogens with one attached hydrogen (secondary N) is 1. The summed E-state index contributed by atoms with van der Waals surface area (Å²) in [6.45, 7) is 0. The van der Waals surface area contributed by atoms with E-state index in [0.717, 1.165) is 0 Å². The van der Waals surface area contributed by atoms with Crippen molar-refractivity contribution in [2.75, 3.05) is 5.32 Å². The van der Waals surface area contributed by atoms with Crippen molar-refractivity contribution in [3.63, 3.8) is 0 Å². The van der Waals surface area contributed by atoms with Gasteiger partial charge in [0.15, 0.2) is 17.0 Å². The van der Waals surface area contributed by atoms with E-state index in [1.807, 2.05) is 6.07 Å². The predicted molar refractivity (Wildman–Crippen MR) is 102 cm³/mol. The number of fused-ring (bicyclic) bond motifs is 4. The molecule has 5 rings (SSSR count). The van der Waals surface area contributed by atoms with Crippen molar-refractivity contribution in [3.8, 4) is 6.07 Å². The summed E-state index contributed by atoms with van der Waals surface area (Å²) < 4.78 is 5.44. The van der Waals surface area contributed by atoms with Crippen LogP contribution in [0.25, 0.3) is 0 Å². The van der Waals surface area contributed by atoms with Crippen LogP contribution in [-0.4, -0.2) is 17.5 Å². The van der Waals surface area contributed by atoms with Crippen molar-refractivity contribution in [2.24, 2.45) is 5.73 Å². The number of benzene rings is 2. The molecule has 3 N–H and O–H groups in total. The van der Waals surface area contributed by atoms with E-state index in [9.17, 15) is 19.6 Å². The van der Waals surface area contributed by atoms with Gasteiger partial charge in [-0.15, -0.1) is 0 Å². The molecule has 7 nitrogen and oxygen atoms in total. The number of allylic oxidation sites excluding steroid dienone is 1. The van der Waals surface area contributed by atoms with Gasteiger partial charge in [-0.3, -0.25) is 14.4 Å². The zero-order valence-electron chi connectivity index (χ0n) is 14.6. The summed E-state index contributed by atoms with van der Waals surface area (Å²) in [4.78, 5) is 40.0. The Kier molecular flexibility index (Phi) is 3.30. The van der Waals surface area contributed by atoms with Crippen LogP contribution in [0.15, 0.2) is 65.3 Å². The molecule has 2 aromatic rings. The van der Waals surface area contributed by atoms with E-state index in [1.54, 1.807) is 24.3 Å². The van der Waals surface area contributed by atoms with Crippen molar-refractivity contribution in [1.29, 1.82) is 5.26 Å². The highest BCUT2D eigenvalue weighted by Gasteiger charge is 2.62. The zero-order valence-corrected chi connectivity index (χ0v) is 15.3. The number of rotatable bonds is 0. The third kappa shape index (κ3) is 1.88. The molecule has 1 aliphatic carbocycles. The lowest BCUT2D eigenvalue weighted by molar-refractivity contribution is -0.118. The average Bonchev–Trinajstić information content (AvgIpc) is 2.99. The first-order valence-corrected chi connectivity index (χ1v) is 8.92. The number of ketones is 2. The van der Waals surface area contributed by atoms with E-state index in [-0.39, 0.29) is 38.6 Å². The van der Waals surface area contributed by atoms with Crippen LogP contribution in [0.4, 0.5) is 5.69 Å². The Morgan fingerprint density at radius 1 is 1.03 bits per heavy atom. The van der Waals surface area contributed by atoms with E-state index in [0.29, 0.717) is 5.69 Å². The zero-order chi connectivity index (χ0) is 20.5. The number of nitrogens with two attached hydrogens (primary N) is 1. The minimum absolute atomic E-state index is 0.116. The number of hydrogen-bond donors (Lipinski definition) is 2. The van der Waals surface area contributed by atoms with Gasteiger partial charge < -0.3 is 15.8 Å². The van der Waals surface area contributed by atoms with Crippen LogP contribution in [0.3, 0.4) is 0 Å². The molecule has 29 heavy (non-hydrogen) atoms. The van der Waals surface area contributed by atoms with Gasteiger partial charge in [0.25, 0.3) is 0 Å². The number of Topliss-reactive ketones (excluding diaryl/α,β-unsaturated/α-hetero) is 2. The van der Waals surface area contributed by atoms with Gasteiger partial charge in [0, 0.05) is 27.4 Å². The van der Waals surface area contributed by atoms with Crippen molar-refractivity contribution >= 4 is 34.8 Å². The number of anilines is 1. The first-order chi connectivity index (χ1) is 13.9. The number of carbonyl (C=O) groups excluding carboxylic acids is 3. The molecule has 1 spiro atoms. The quantitative estimate of drug-likeness (QED) is 0.697. The maximum Gasteiger partial charge on any atom is 0.245 e. The van der Waals surface area contributed by atoms with Gasteiger partial charge in [0.05, 0.1) is 5.57 Å². The van der Waals surface area contributed by atoms with Crippen molar-refractivity contribution in [3.05, 3.63) is 87.0 Å². The Morgan fingerprint density at radius 2 is 1.72 bits per heavy atom. The number of halogens is 1. The molecule has 0 unspecified atom stereocenters. The molecule has 2 aromatic carbocycles. The minimum Gasteiger partial charge on any atom is -0.436 e. The van der Waals surface area contributed by atoms with Gasteiger partial charge >= 0.3 is 0 Å². The van der Waals surface area contributed by atoms with Crippen molar-refractivity contribution in [1.82, 2.24) is 0 Å². The average molecular weight is 404 g/mol. The number of nitrogens with zero attached hydrogens (tertiary/aromatic N) is 1. The van der Waals surface area contributed by atoms with E-state index in [1.165, 1.54) is 18.2 Å². The molecule has 8 heteroatoms. The van der Waals surface area contributed by atoms with Crippen molar-refractivity contribution in [2.45, 2.75) is 5.41 Å². The first kappa shape index (κ1) is 17.2. The summed E-state index contributed by atoms with van der Waals surface area (Å²) in [6, 6.07) is 12.8. The summed E-state index contributed by atoms with van der Waals surface area (Å²) in [6.07, 6.45) is 0. The molecule has 140 valence electrons. The van der Waals surface area contributed by atoms with Crippen LogP contribution in [-0.2, 0) is 14.9 Å². The van der Waals surface area contributed by atoms with E-state index in [4.69, 9.17) is 22.1 Å². The Balaban J connectivity index is 1.94. The lowest BCUT2D eigenvalue weighted by atomic mass is 9.64. The second-order valence-corrected chi connectivity index (χ2v) is 7.13. The molecule has 0 saturated carbocycles. The summed E-state index contributed by atoms with van der Waals surface area (Å²) in [7, 11) is 0. The smallest absolute Gasteiger partial charge is 0.245 e. The fourth-order valence-electron chi connectivity index (χ4n) is 4.22. The molecule has 3 aliphatic rings. The topological polar surface area (TPSA) is 122 Å². The largest absolute Gasteiger partial charge is 0.436 e. The summed E-state index contributed by atoms with van der Waals surface area (Å²) >= 11 is 6.42. The summed E-state index contributed by atoms with van der Waals surface area (Å²) in [5, 5.41) is 12.7. The van der Waals surface area contributed by atoms with Crippen LogP contribution < -0.4 is 11.1 Å². The van der Waals surface area contributed by atoms with E-state index in [2.05, 4.69) is 5.32 Å². The lowest BCUT2D eigenvalue weighted by Gasteiger charge is -2.36. The molecule has 0 radical (unpaired) electrons. The molecule has 0 fully saturated rings. The van der Waals surface area contributed by atoms with Crippen LogP contribution in [0.2, 0.25) is 5.02 Å². The molecule has 0 aromatic heterocycles. The SMILES string of the molecule is N#CC1=C(N)OC2=C(C(=O)c3ccccc3C2=O)[C@@]12C(=O)Nc1cccc(Cl)c12. The van der Waals surface area contributed by atoms with Crippen LogP contribution in [0.5, 0.6) is 0 Å². The Hall–Kier alpha value is -3.89. The third-order valence-electron chi connectivity index (χ3n) is 5.37. The Labute approximate surface area is 169 Å². The Morgan fingerprint density at radius 3 is 2.41 bits per heavy atom. The number of amides is 1. The van der Waals surface area contributed by atoms with Gasteiger partial charge in [0.2, 0.25) is 17.6 Å². The fraction of sp³-hybridized carbons (Fsp3) is 0.0476. The second-order valence-electron chi connectivity index (χ2n) is 6.73. The standard InChI is InChI=1S/C21H10ClN3O4/c22-12-6-3-7-13-14(12)21(20(28)25-13)11(8-23)19(24)29-18-15(21)16(26)9-4-1-2-5-10(9)17(18)27/h1-7H,24H2,(H,25,28)/t21-/m1/s1. The number of nitriles is 1. The molecule has 0 bridgehead atoms. The second kappa shape index (κ2) is 5.56. The van der Waals surface area contributed by atoms with E-state index >= 15 is 0 Å². The molecule has 2 heterocycles. The monoisotopic (exact) mass is 403 g/mol. The Bertz CT molecular complexity index is 1300. The third-order valence-corrected chi connectivity index (χ3v) is 5.69. The molecule has 2 aliphatic heterocycles. The van der Waals surface area contributed by atoms with Gasteiger partial charge in [-0.25, -0.2) is 0 Å². The molecule has 1 amide bonds. The summed E-state index contributed by atoms with van der Waals surface area (Å²) in [5.41, 5.74) is 4.23. The van der Waals surface area contributed by atoms with Crippen LogP contribution in [0, 0.1) is 11.3 Å². The van der Waals surface area contributed by atoms with Crippen LogP contribution in [0.1, 0.15) is 26.3 Å². The van der Waals surface area contributed by atoms with Gasteiger partial charge in [-0.1, -0.05) is 41.9 Å². The van der Waals surface area contributed by atoms with Crippen molar-refractivity contribution < 1.29 is 19.1 Å².